The van der Waals surface area contributed by atoms with Crippen molar-refractivity contribution in [3.8, 4) is 0 Å². The van der Waals surface area contributed by atoms with Crippen LogP contribution in [0.3, 0.4) is 0 Å². The van der Waals surface area contributed by atoms with Crippen LogP contribution in [0.15, 0.2) is 41.6 Å². The molecule has 112 valence electrons. The molecule has 0 aliphatic rings. The number of hydrogen-bond donors (Lipinski definition) is 2. The van der Waals surface area contributed by atoms with E-state index in [9.17, 15) is 13.2 Å². The van der Waals surface area contributed by atoms with Gasteiger partial charge in [-0.3, -0.25) is 0 Å². The van der Waals surface area contributed by atoms with Crippen LogP contribution in [0.2, 0.25) is 0 Å². The zero-order chi connectivity index (χ0) is 15.5. The van der Waals surface area contributed by atoms with E-state index >= 15 is 0 Å². The van der Waals surface area contributed by atoms with Gasteiger partial charge >= 0.3 is 5.97 Å². The molecule has 1 atom stereocenters. The number of nitrogens with zero attached hydrogens (tertiary/aromatic N) is 1. The molecule has 2 rings (SSSR count). The van der Waals surface area contributed by atoms with E-state index in [1.807, 2.05) is 0 Å². The van der Waals surface area contributed by atoms with Crippen molar-refractivity contribution in [1.82, 2.24) is 14.7 Å². The Kier molecular flexibility index (Phi) is 4.39. The van der Waals surface area contributed by atoms with Crippen molar-refractivity contribution in [2.45, 2.75) is 17.9 Å². The van der Waals surface area contributed by atoms with Crippen molar-refractivity contribution in [2.24, 2.45) is 0 Å². The lowest BCUT2D eigenvalue weighted by Gasteiger charge is -2.12. The van der Waals surface area contributed by atoms with Crippen LogP contribution in [-0.2, 0) is 14.8 Å². The number of methoxy groups -OCH3 is 1. The normalized spacial score (nSPS) is 12.9. The monoisotopic (exact) mass is 309 g/mol. The van der Waals surface area contributed by atoms with E-state index in [1.54, 1.807) is 19.3 Å². The summed E-state index contributed by atoms with van der Waals surface area (Å²) >= 11 is 0. The minimum atomic E-state index is -3.70. The van der Waals surface area contributed by atoms with Gasteiger partial charge in [-0.25, -0.2) is 22.9 Å². The molecule has 0 spiro atoms. The van der Waals surface area contributed by atoms with Crippen LogP contribution in [0.25, 0.3) is 0 Å². The van der Waals surface area contributed by atoms with E-state index in [2.05, 4.69) is 19.4 Å². The number of ether oxygens (including phenoxy) is 1. The summed E-state index contributed by atoms with van der Waals surface area (Å²) in [6.45, 7) is 1.68. The van der Waals surface area contributed by atoms with Gasteiger partial charge < -0.3 is 9.72 Å². The number of imidazole rings is 1. The number of hydrogen-bond acceptors (Lipinski definition) is 5. The molecule has 0 saturated carbocycles. The number of sulfonamides is 1. The maximum Gasteiger partial charge on any atom is 0.337 e. The van der Waals surface area contributed by atoms with Crippen molar-refractivity contribution in [1.29, 1.82) is 0 Å². The molecular formula is C13H15N3O4S. The molecule has 0 aliphatic heterocycles. The van der Waals surface area contributed by atoms with Gasteiger partial charge in [-0.05, 0) is 31.2 Å². The van der Waals surface area contributed by atoms with Crippen molar-refractivity contribution >= 4 is 16.0 Å². The van der Waals surface area contributed by atoms with E-state index in [-0.39, 0.29) is 10.5 Å². The lowest BCUT2D eigenvalue weighted by atomic mass is 10.2. The second-order valence-electron chi connectivity index (χ2n) is 4.33. The minimum absolute atomic E-state index is 0.0635. The summed E-state index contributed by atoms with van der Waals surface area (Å²) in [5, 5.41) is 0. The first kappa shape index (κ1) is 15.2. The Morgan fingerprint density at radius 3 is 2.52 bits per heavy atom. The molecule has 0 saturated heterocycles. The summed E-state index contributed by atoms with van der Waals surface area (Å²) in [5.74, 6) is 0.000571. The number of rotatable bonds is 5. The Labute approximate surface area is 122 Å². The number of nitrogens with one attached hydrogen (secondary N) is 2. The van der Waals surface area contributed by atoms with Gasteiger partial charge in [0.05, 0.1) is 23.6 Å². The summed E-state index contributed by atoms with van der Waals surface area (Å²) in [6.07, 6.45) is 3.16. The molecule has 1 aromatic carbocycles. The van der Waals surface area contributed by atoms with Crippen molar-refractivity contribution in [3.05, 3.63) is 48.0 Å². The highest BCUT2D eigenvalue weighted by atomic mass is 32.2. The molecule has 0 amide bonds. The van der Waals surface area contributed by atoms with Crippen LogP contribution < -0.4 is 4.72 Å². The molecule has 0 aliphatic carbocycles. The van der Waals surface area contributed by atoms with Crippen molar-refractivity contribution < 1.29 is 17.9 Å². The number of aromatic amines is 1. The zero-order valence-electron chi connectivity index (χ0n) is 11.5. The fourth-order valence-electron chi connectivity index (χ4n) is 1.76. The molecule has 0 radical (unpaired) electrons. The number of esters is 1. The van der Waals surface area contributed by atoms with Crippen LogP contribution in [0.5, 0.6) is 0 Å². The Morgan fingerprint density at radius 2 is 2.00 bits per heavy atom. The number of carbonyl (C=O) groups excluding carboxylic acids is 1. The van der Waals surface area contributed by atoms with E-state index in [0.717, 1.165) is 0 Å². The second-order valence-corrected chi connectivity index (χ2v) is 6.05. The van der Waals surface area contributed by atoms with Crippen molar-refractivity contribution in [2.75, 3.05) is 7.11 Å². The van der Waals surface area contributed by atoms with Gasteiger partial charge in [0.2, 0.25) is 10.0 Å². The molecule has 21 heavy (non-hydrogen) atoms. The predicted octanol–water partition coefficient (Wildman–Crippen LogP) is 1.24. The number of carbonyl (C=O) groups is 1. The standard InChI is InChI=1S/C13H15N3O4S/c1-9(12-14-7-8-15-12)16-21(18,19)11-5-3-10(4-6-11)13(17)20-2/h3-9,16H,1-2H3,(H,14,15). The molecule has 7 nitrogen and oxygen atoms in total. The first-order chi connectivity index (χ1) is 9.94. The summed E-state index contributed by atoms with van der Waals surface area (Å²) in [7, 11) is -2.43. The maximum absolute atomic E-state index is 12.2. The van der Waals surface area contributed by atoms with E-state index in [0.29, 0.717) is 5.82 Å². The first-order valence-corrected chi connectivity index (χ1v) is 7.62. The molecule has 0 bridgehead atoms. The highest BCUT2D eigenvalue weighted by molar-refractivity contribution is 7.89. The second kappa shape index (κ2) is 6.06. The predicted molar refractivity (Wildman–Crippen MR) is 75.1 cm³/mol. The number of aromatic nitrogens is 2. The fourth-order valence-corrected chi connectivity index (χ4v) is 2.97. The van der Waals surface area contributed by atoms with Gasteiger partial charge in [0, 0.05) is 12.4 Å². The molecule has 8 heteroatoms. The third kappa shape index (κ3) is 3.47. The maximum atomic E-state index is 12.2. The van der Waals surface area contributed by atoms with Crippen molar-refractivity contribution in [3.63, 3.8) is 0 Å². The third-order valence-electron chi connectivity index (χ3n) is 2.85. The Hall–Kier alpha value is -2.19. The Bertz CT molecular complexity index is 708. The molecule has 1 heterocycles. The van der Waals surface area contributed by atoms with Crippen LogP contribution in [0, 0.1) is 0 Å². The van der Waals surface area contributed by atoms with Crippen LogP contribution in [0.4, 0.5) is 0 Å². The lowest BCUT2D eigenvalue weighted by molar-refractivity contribution is 0.0600. The lowest BCUT2D eigenvalue weighted by Crippen LogP contribution is -2.27. The van der Waals surface area contributed by atoms with Crippen LogP contribution in [0.1, 0.15) is 29.1 Å². The summed E-state index contributed by atoms with van der Waals surface area (Å²) < 4.78 is 31.5. The molecule has 2 N–H and O–H groups in total. The fraction of sp³-hybridized carbons (Fsp3) is 0.231. The quantitative estimate of drug-likeness (QED) is 0.809. The van der Waals surface area contributed by atoms with Crippen LogP contribution in [-0.4, -0.2) is 31.5 Å². The van der Waals surface area contributed by atoms with Gasteiger partial charge in [0.15, 0.2) is 0 Å². The smallest absolute Gasteiger partial charge is 0.337 e. The SMILES string of the molecule is COC(=O)c1ccc(S(=O)(=O)NC(C)c2ncc[nH]2)cc1. The van der Waals surface area contributed by atoms with Gasteiger partial charge in [0.1, 0.15) is 5.82 Å². The average Bonchev–Trinajstić information content (AvgIpc) is 3.00. The first-order valence-electron chi connectivity index (χ1n) is 6.14. The van der Waals surface area contributed by atoms with E-state index < -0.39 is 22.0 Å². The molecule has 1 unspecified atom stereocenters. The molecular weight excluding hydrogens is 294 g/mol. The number of benzene rings is 1. The molecule has 2 aromatic rings. The highest BCUT2D eigenvalue weighted by Crippen LogP contribution is 2.15. The Balaban J connectivity index is 2.18. The highest BCUT2D eigenvalue weighted by Gasteiger charge is 2.20. The molecule has 0 fully saturated rings. The largest absolute Gasteiger partial charge is 0.465 e. The zero-order valence-corrected chi connectivity index (χ0v) is 12.3. The van der Waals surface area contributed by atoms with Gasteiger partial charge in [0.25, 0.3) is 0 Å². The van der Waals surface area contributed by atoms with Gasteiger partial charge in [-0.15, -0.1) is 0 Å². The third-order valence-corrected chi connectivity index (χ3v) is 4.40. The van der Waals surface area contributed by atoms with E-state index in [4.69, 9.17) is 0 Å². The van der Waals surface area contributed by atoms with Gasteiger partial charge in [-0.1, -0.05) is 0 Å². The minimum Gasteiger partial charge on any atom is -0.465 e. The number of H-pyrrole nitrogens is 1. The average molecular weight is 309 g/mol. The molecule has 1 aromatic heterocycles. The van der Waals surface area contributed by atoms with Crippen LogP contribution >= 0.6 is 0 Å². The summed E-state index contributed by atoms with van der Waals surface area (Å²) in [6, 6.07) is 5.01. The Morgan fingerprint density at radius 1 is 1.33 bits per heavy atom. The summed E-state index contributed by atoms with van der Waals surface area (Å²) in [5.41, 5.74) is 0.288. The van der Waals surface area contributed by atoms with E-state index in [1.165, 1.54) is 31.4 Å². The topological polar surface area (TPSA) is 101 Å². The summed E-state index contributed by atoms with van der Waals surface area (Å²) in [4.78, 5) is 18.2. The van der Waals surface area contributed by atoms with Gasteiger partial charge in [-0.2, -0.15) is 0 Å².